The summed E-state index contributed by atoms with van der Waals surface area (Å²) in [6.07, 6.45) is 14.9. The molecular weight excluding hydrogens is 234 g/mol. The molecule has 0 saturated heterocycles. The molecule has 0 aliphatic rings. The summed E-state index contributed by atoms with van der Waals surface area (Å²) in [6.45, 7) is 6.06. The Kier molecular flexibility index (Phi) is 15.4. The summed E-state index contributed by atoms with van der Waals surface area (Å²) in [6, 6.07) is 0. The summed E-state index contributed by atoms with van der Waals surface area (Å²) in [5, 5.41) is 3.28. The Morgan fingerprint density at radius 1 is 0.737 bits per heavy atom. The summed E-state index contributed by atoms with van der Waals surface area (Å²) in [5.74, 6) is 0.391. The average molecular weight is 269 g/mol. The molecule has 2 nitrogen and oxygen atoms in total. The Morgan fingerprint density at radius 3 is 1.89 bits per heavy atom. The van der Waals surface area contributed by atoms with Crippen molar-refractivity contribution in [3.63, 3.8) is 0 Å². The van der Waals surface area contributed by atoms with Crippen LogP contribution < -0.4 is 5.32 Å². The van der Waals surface area contributed by atoms with Gasteiger partial charge in [0, 0.05) is 6.42 Å². The molecule has 0 aromatic heterocycles. The van der Waals surface area contributed by atoms with Crippen LogP contribution in [0.3, 0.4) is 0 Å². The zero-order valence-corrected chi connectivity index (χ0v) is 13.3. The number of hydrogen-bond donors (Lipinski definition) is 1. The Hall–Kier alpha value is -0.370. The number of unbranched alkanes of at least 4 members (excludes halogenated alkanes) is 9. The Morgan fingerprint density at radius 2 is 1.26 bits per heavy atom. The van der Waals surface area contributed by atoms with Crippen LogP contribution in [0.25, 0.3) is 0 Å². The standard InChI is InChI=1S/C17H35NO/c1-3-5-7-9-11-13-15-18-16-17(19)14-12-10-8-6-4-2/h18H,3-16H2,1-2H3. The van der Waals surface area contributed by atoms with Crippen molar-refractivity contribution >= 4 is 5.78 Å². The van der Waals surface area contributed by atoms with Crippen LogP contribution in [0.4, 0.5) is 0 Å². The quantitative estimate of drug-likeness (QED) is 0.430. The highest BCUT2D eigenvalue weighted by Gasteiger charge is 2.00. The first kappa shape index (κ1) is 18.6. The fraction of sp³-hybridized carbons (Fsp3) is 0.941. The van der Waals surface area contributed by atoms with Crippen LogP contribution in [0.2, 0.25) is 0 Å². The third-order valence-electron chi connectivity index (χ3n) is 3.59. The summed E-state index contributed by atoms with van der Waals surface area (Å²) < 4.78 is 0. The number of nitrogens with one attached hydrogen (secondary N) is 1. The van der Waals surface area contributed by atoms with Crippen LogP contribution in [-0.2, 0) is 4.79 Å². The lowest BCUT2D eigenvalue weighted by Crippen LogP contribution is -2.23. The van der Waals surface area contributed by atoms with E-state index >= 15 is 0 Å². The normalized spacial score (nSPS) is 10.8. The lowest BCUT2D eigenvalue weighted by Gasteiger charge is -2.04. The molecule has 0 fully saturated rings. The largest absolute Gasteiger partial charge is 0.310 e. The van der Waals surface area contributed by atoms with Gasteiger partial charge in [-0.25, -0.2) is 0 Å². The number of rotatable bonds is 15. The van der Waals surface area contributed by atoms with Gasteiger partial charge in [0.25, 0.3) is 0 Å². The molecule has 0 unspecified atom stereocenters. The zero-order valence-electron chi connectivity index (χ0n) is 13.3. The lowest BCUT2D eigenvalue weighted by molar-refractivity contribution is -0.118. The molecule has 0 spiro atoms. The second kappa shape index (κ2) is 15.7. The van der Waals surface area contributed by atoms with E-state index in [1.54, 1.807) is 0 Å². The van der Waals surface area contributed by atoms with Gasteiger partial charge in [-0.05, 0) is 19.4 Å². The fourth-order valence-corrected chi connectivity index (χ4v) is 2.27. The first-order chi connectivity index (χ1) is 9.31. The molecule has 0 aromatic rings. The van der Waals surface area contributed by atoms with Gasteiger partial charge in [0.15, 0.2) is 0 Å². The lowest BCUT2D eigenvalue weighted by atomic mass is 10.1. The Bertz CT molecular complexity index is 192. The molecule has 0 atom stereocenters. The molecule has 1 N–H and O–H groups in total. The van der Waals surface area contributed by atoms with Crippen molar-refractivity contribution in [2.45, 2.75) is 90.9 Å². The first-order valence-electron chi connectivity index (χ1n) is 8.53. The molecule has 0 radical (unpaired) electrons. The van der Waals surface area contributed by atoms with Gasteiger partial charge in [-0.15, -0.1) is 0 Å². The number of carbonyl (C=O) groups is 1. The minimum absolute atomic E-state index is 0.391. The zero-order chi connectivity index (χ0) is 14.2. The summed E-state index contributed by atoms with van der Waals surface area (Å²) in [7, 11) is 0. The van der Waals surface area contributed by atoms with Gasteiger partial charge in [0.05, 0.1) is 6.54 Å². The second-order valence-corrected chi connectivity index (χ2v) is 5.65. The van der Waals surface area contributed by atoms with E-state index in [0.29, 0.717) is 12.3 Å². The SMILES string of the molecule is CCCCCCCCNCC(=O)CCCCCCC. The van der Waals surface area contributed by atoms with E-state index in [0.717, 1.165) is 19.4 Å². The van der Waals surface area contributed by atoms with E-state index in [-0.39, 0.29) is 0 Å². The summed E-state index contributed by atoms with van der Waals surface area (Å²) in [5.41, 5.74) is 0. The van der Waals surface area contributed by atoms with Crippen LogP contribution in [0.15, 0.2) is 0 Å². The van der Waals surface area contributed by atoms with Crippen molar-refractivity contribution in [2.75, 3.05) is 13.1 Å². The van der Waals surface area contributed by atoms with E-state index in [1.165, 1.54) is 64.2 Å². The Balaban J connectivity index is 3.12. The van der Waals surface area contributed by atoms with Gasteiger partial charge >= 0.3 is 0 Å². The van der Waals surface area contributed by atoms with Crippen LogP contribution in [0.5, 0.6) is 0 Å². The molecule has 0 aliphatic heterocycles. The molecule has 0 saturated carbocycles. The van der Waals surface area contributed by atoms with Gasteiger partial charge in [-0.1, -0.05) is 71.6 Å². The summed E-state index contributed by atoms with van der Waals surface area (Å²) >= 11 is 0. The minimum atomic E-state index is 0.391. The van der Waals surface area contributed by atoms with Crippen molar-refractivity contribution in [1.29, 1.82) is 0 Å². The predicted octanol–water partition coefficient (Wildman–Crippen LogP) is 4.87. The maximum absolute atomic E-state index is 11.6. The van der Waals surface area contributed by atoms with Gasteiger partial charge in [-0.2, -0.15) is 0 Å². The molecule has 0 aliphatic carbocycles. The number of hydrogen-bond acceptors (Lipinski definition) is 2. The number of Topliss-reactive ketones (excluding diaryl/α,β-unsaturated/α-hetero) is 1. The van der Waals surface area contributed by atoms with Gasteiger partial charge in [-0.3, -0.25) is 4.79 Å². The molecule has 0 amide bonds. The first-order valence-corrected chi connectivity index (χ1v) is 8.53. The molecule has 0 aromatic carbocycles. The Labute approximate surface area is 120 Å². The average Bonchev–Trinajstić information content (AvgIpc) is 2.41. The third kappa shape index (κ3) is 15.6. The smallest absolute Gasteiger partial charge is 0.146 e. The van der Waals surface area contributed by atoms with E-state index < -0.39 is 0 Å². The maximum Gasteiger partial charge on any atom is 0.146 e. The fourth-order valence-electron chi connectivity index (χ4n) is 2.27. The van der Waals surface area contributed by atoms with Crippen LogP contribution in [0, 0.1) is 0 Å². The predicted molar refractivity (Wildman–Crippen MR) is 84.6 cm³/mol. The molecular formula is C17H35NO. The molecule has 114 valence electrons. The molecule has 0 heterocycles. The highest BCUT2D eigenvalue weighted by Crippen LogP contribution is 2.05. The van der Waals surface area contributed by atoms with Crippen molar-refractivity contribution in [3.05, 3.63) is 0 Å². The van der Waals surface area contributed by atoms with Crippen molar-refractivity contribution in [3.8, 4) is 0 Å². The third-order valence-corrected chi connectivity index (χ3v) is 3.59. The van der Waals surface area contributed by atoms with Crippen LogP contribution >= 0.6 is 0 Å². The molecule has 0 bridgehead atoms. The van der Waals surface area contributed by atoms with Crippen LogP contribution in [0.1, 0.15) is 90.9 Å². The second-order valence-electron chi connectivity index (χ2n) is 5.65. The minimum Gasteiger partial charge on any atom is -0.310 e. The van der Waals surface area contributed by atoms with E-state index in [4.69, 9.17) is 0 Å². The monoisotopic (exact) mass is 269 g/mol. The van der Waals surface area contributed by atoms with Crippen molar-refractivity contribution < 1.29 is 4.79 Å². The molecule has 0 rings (SSSR count). The van der Waals surface area contributed by atoms with Crippen molar-refractivity contribution in [2.24, 2.45) is 0 Å². The van der Waals surface area contributed by atoms with Gasteiger partial charge in [0.2, 0.25) is 0 Å². The molecule has 2 heteroatoms. The highest BCUT2D eigenvalue weighted by molar-refractivity contribution is 5.80. The maximum atomic E-state index is 11.6. The topological polar surface area (TPSA) is 29.1 Å². The highest BCUT2D eigenvalue weighted by atomic mass is 16.1. The van der Waals surface area contributed by atoms with Crippen LogP contribution in [-0.4, -0.2) is 18.9 Å². The van der Waals surface area contributed by atoms with Gasteiger partial charge < -0.3 is 5.32 Å². The van der Waals surface area contributed by atoms with E-state index in [2.05, 4.69) is 19.2 Å². The number of carbonyl (C=O) groups excluding carboxylic acids is 1. The van der Waals surface area contributed by atoms with Crippen molar-refractivity contribution in [1.82, 2.24) is 5.32 Å². The summed E-state index contributed by atoms with van der Waals surface area (Å²) in [4.78, 5) is 11.6. The van der Waals surface area contributed by atoms with Gasteiger partial charge in [0.1, 0.15) is 5.78 Å². The molecule has 19 heavy (non-hydrogen) atoms. The van der Waals surface area contributed by atoms with E-state index in [1.807, 2.05) is 0 Å². The number of ketones is 1. The van der Waals surface area contributed by atoms with E-state index in [9.17, 15) is 4.79 Å².